The summed E-state index contributed by atoms with van der Waals surface area (Å²) in [6.45, 7) is 3.69. The molecule has 0 radical (unpaired) electrons. The van der Waals surface area contributed by atoms with E-state index in [-0.39, 0.29) is 5.56 Å². The van der Waals surface area contributed by atoms with E-state index in [1.807, 2.05) is 0 Å². The minimum atomic E-state index is -0.122. The summed E-state index contributed by atoms with van der Waals surface area (Å²) in [5.41, 5.74) is 0.555. The Balaban J connectivity index is 2.93. The molecule has 1 heterocycles. The van der Waals surface area contributed by atoms with Crippen LogP contribution in [0.5, 0.6) is 5.75 Å². The minimum absolute atomic E-state index is 0.122. The molecule has 0 spiro atoms. The molecule has 0 amide bonds. The number of methoxy groups -OCH3 is 1. The zero-order valence-electron chi connectivity index (χ0n) is 9.23. The third-order valence-electron chi connectivity index (χ3n) is 2.48. The molecular formula is C12H12N2O2. The molecule has 0 bridgehead atoms. The van der Waals surface area contributed by atoms with Crippen molar-refractivity contribution in [2.45, 2.75) is 0 Å². The lowest BCUT2D eigenvalue weighted by Crippen LogP contribution is -2.20. The predicted octanol–water partition coefficient (Wildman–Crippen LogP) is 1.59. The number of hydrogen-bond donors (Lipinski definition) is 0. The van der Waals surface area contributed by atoms with Crippen molar-refractivity contribution in [2.75, 3.05) is 7.11 Å². The Hall–Kier alpha value is -2.10. The number of fused-ring (bicyclic) bond motifs is 1. The molecule has 2 rings (SSSR count). The van der Waals surface area contributed by atoms with Crippen molar-refractivity contribution >= 4 is 16.8 Å². The summed E-state index contributed by atoms with van der Waals surface area (Å²) in [6.07, 6.45) is 1.63. The first-order valence-electron chi connectivity index (χ1n) is 4.85. The molecule has 0 aliphatic rings. The molecule has 82 valence electrons. The molecule has 1 aromatic heterocycles. The highest BCUT2D eigenvalue weighted by atomic mass is 16.5. The lowest BCUT2D eigenvalue weighted by Gasteiger charge is -2.06. The molecule has 0 N–H and O–H groups in total. The number of hydrogen-bond acceptors (Lipinski definition) is 3. The summed E-state index contributed by atoms with van der Waals surface area (Å²) in [5, 5.41) is 5.51. The second-order valence-electron chi connectivity index (χ2n) is 3.43. The van der Waals surface area contributed by atoms with Crippen molar-refractivity contribution in [1.29, 1.82) is 0 Å². The van der Waals surface area contributed by atoms with Gasteiger partial charge in [0.2, 0.25) is 0 Å². The zero-order valence-corrected chi connectivity index (χ0v) is 9.23. The predicted molar refractivity (Wildman–Crippen MR) is 63.6 cm³/mol. The molecule has 0 fully saturated rings. The first-order chi connectivity index (χ1) is 7.67. The normalized spacial score (nSPS) is 10.4. The van der Waals surface area contributed by atoms with E-state index >= 15 is 0 Å². The second-order valence-corrected chi connectivity index (χ2v) is 3.43. The van der Waals surface area contributed by atoms with E-state index in [0.717, 1.165) is 5.39 Å². The summed E-state index contributed by atoms with van der Waals surface area (Å²) in [7, 11) is 3.21. The van der Waals surface area contributed by atoms with Gasteiger partial charge < -0.3 is 4.74 Å². The fourth-order valence-electron chi connectivity index (χ4n) is 1.63. The van der Waals surface area contributed by atoms with Crippen LogP contribution in [0.15, 0.2) is 29.6 Å². The molecule has 0 atom stereocenters. The van der Waals surface area contributed by atoms with Gasteiger partial charge in [0, 0.05) is 12.4 Å². The quantitative estimate of drug-likeness (QED) is 0.765. The first kappa shape index (κ1) is 10.4. The van der Waals surface area contributed by atoms with Crippen LogP contribution in [0.25, 0.3) is 16.8 Å². The molecule has 0 aliphatic heterocycles. The highest BCUT2D eigenvalue weighted by molar-refractivity contribution is 5.89. The number of aryl methyl sites for hydroxylation is 1. The van der Waals surface area contributed by atoms with E-state index in [1.54, 1.807) is 38.4 Å². The first-order valence-corrected chi connectivity index (χ1v) is 4.85. The molecule has 4 heteroatoms. The maximum absolute atomic E-state index is 11.8. The Bertz CT molecular complexity index is 614. The van der Waals surface area contributed by atoms with Crippen LogP contribution in [0.3, 0.4) is 0 Å². The molecule has 0 aliphatic carbocycles. The molecule has 0 unspecified atom stereocenters. The van der Waals surface area contributed by atoms with E-state index in [0.29, 0.717) is 16.8 Å². The van der Waals surface area contributed by atoms with Crippen LogP contribution >= 0.6 is 0 Å². The van der Waals surface area contributed by atoms with Crippen molar-refractivity contribution in [3.8, 4) is 5.75 Å². The van der Waals surface area contributed by atoms with Crippen LogP contribution < -0.4 is 10.3 Å². The van der Waals surface area contributed by atoms with Gasteiger partial charge in [-0.15, -0.1) is 0 Å². The van der Waals surface area contributed by atoms with Crippen LogP contribution in [0, 0.1) is 0 Å². The van der Waals surface area contributed by atoms with Crippen molar-refractivity contribution in [1.82, 2.24) is 9.78 Å². The number of ether oxygens (including phenoxy) is 1. The summed E-state index contributed by atoms with van der Waals surface area (Å²) < 4.78 is 6.43. The van der Waals surface area contributed by atoms with Gasteiger partial charge in [0.25, 0.3) is 5.56 Å². The van der Waals surface area contributed by atoms with Crippen molar-refractivity contribution in [2.24, 2.45) is 7.05 Å². The van der Waals surface area contributed by atoms with Gasteiger partial charge in [-0.2, -0.15) is 5.10 Å². The third-order valence-corrected chi connectivity index (χ3v) is 2.48. The summed E-state index contributed by atoms with van der Waals surface area (Å²) in [6, 6.07) is 5.29. The van der Waals surface area contributed by atoms with E-state index < -0.39 is 0 Å². The van der Waals surface area contributed by atoms with Gasteiger partial charge in [-0.1, -0.05) is 6.58 Å². The molecule has 16 heavy (non-hydrogen) atoms. The lowest BCUT2D eigenvalue weighted by molar-refractivity contribution is 0.415. The van der Waals surface area contributed by atoms with E-state index in [1.165, 1.54) is 4.68 Å². The summed E-state index contributed by atoms with van der Waals surface area (Å²) in [4.78, 5) is 11.8. The number of aromatic nitrogens is 2. The maximum Gasteiger partial charge on any atom is 0.274 e. The topological polar surface area (TPSA) is 44.1 Å². The minimum Gasteiger partial charge on any atom is -0.497 e. The third kappa shape index (κ3) is 1.48. The van der Waals surface area contributed by atoms with Gasteiger partial charge in [0.1, 0.15) is 5.75 Å². The monoisotopic (exact) mass is 216 g/mol. The smallest absolute Gasteiger partial charge is 0.274 e. The van der Waals surface area contributed by atoms with Gasteiger partial charge in [0.05, 0.1) is 18.2 Å². The Labute approximate surface area is 92.8 Å². The number of benzene rings is 1. The van der Waals surface area contributed by atoms with Gasteiger partial charge in [-0.05, 0) is 24.3 Å². The number of rotatable bonds is 2. The van der Waals surface area contributed by atoms with E-state index in [4.69, 9.17) is 4.74 Å². The van der Waals surface area contributed by atoms with Crippen LogP contribution in [0.2, 0.25) is 0 Å². The van der Waals surface area contributed by atoms with E-state index in [9.17, 15) is 4.79 Å². The largest absolute Gasteiger partial charge is 0.497 e. The summed E-state index contributed by atoms with van der Waals surface area (Å²) >= 11 is 0. The SMILES string of the molecule is C=Cc1nn(C)c(=O)c2ccc(OC)cc12. The Kier molecular flexibility index (Phi) is 2.48. The van der Waals surface area contributed by atoms with Gasteiger partial charge in [-0.3, -0.25) is 4.79 Å². The zero-order chi connectivity index (χ0) is 11.7. The molecule has 2 aromatic rings. The molecule has 0 saturated heterocycles. The average molecular weight is 216 g/mol. The Morgan fingerprint density at radius 1 is 1.44 bits per heavy atom. The highest BCUT2D eigenvalue weighted by Gasteiger charge is 2.07. The maximum atomic E-state index is 11.8. The van der Waals surface area contributed by atoms with Gasteiger partial charge >= 0.3 is 0 Å². The standard InChI is InChI=1S/C12H12N2O2/c1-4-11-10-7-8(16-3)5-6-9(10)12(15)14(2)13-11/h4-7H,1H2,2-3H3. The molecular weight excluding hydrogens is 204 g/mol. The Morgan fingerprint density at radius 3 is 2.81 bits per heavy atom. The van der Waals surface area contributed by atoms with E-state index in [2.05, 4.69) is 11.7 Å². The summed E-state index contributed by atoms with van der Waals surface area (Å²) in [5.74, 6) is 0.700. The molecule has 0 saturated carbocycles. The average Bonchev–Trinajstić information content (AvgIpc) is 2.33. The van der Waals surface area contributed by atoms with Crippen LogP contribution in [0.1, 0.15) is 5.69 Å². The fourth-order valence-corrected chi connectivity index (χ4v) is 1.63. The van der Waals surface area contributed by atoms with Crippen LogP contribution in [0.4, 0.5) is 0 Å². The van der Waals surface area contributed by atoms with Crippen molar-refractivity contribution < 1.29 is 4.74 Å². The van der Waals surface area contributed by atoms with Gasteiger partial charge in [-0.25, -0.2) is 4.68 Å². The fraction of sp³-hybridized carbons (Fsp3) is 0.167. The van der Waals surface area contributed by atoms with Crippen molar-refractivity contribution in [3.05, 3.63) is 40.8 Å². The second kappa shape index (κ2) is 3.81. The van der Waals surface area contributed by atoms with Crippen LogP contribution in [-0.2, 0) is 7.05 Å². The van der Waals surface area contributed by atoms with Gasteiger partial charge in [0.15, 0.2) is 0 Å². The lowest BCUT2D eigenvalue weighted by atomic mass is 10.1. The molecule has 1 aromatic carbocycles. The highest BCUT2D eigenvalue weighted by Crippen LogP contribution is 2.20. The van der Waals surface area contributed by atoms with Crippen molar-refractivity contribution in [3.63, 3.8) is 0 Å². The Morgan fingerprint density at radius 2 is 2.19 bits per heavy atom. The molecule has 4 nitrogen and oxygen atoms in total. The number of nitrogens with zero attached hydrogens (tertiary/aromatic N) is 2. The van der Waals surface area contributed by atoms with Crippen LogP contribution in [-0.4, -0.2) is 16.9 Å².